The number of pyridine rings is 1. The monoisotopic (exact) mass is 272 g/mol. The van der Waals surface area contributed by atoms with Crippen molar-refractivity contribution in [3.63, 3.8) is 0 Å². The van der Waals surface area contributed by atoms with Crippen molar-refractivity contribution < 1.29 is 4.79 Å². The average molecular weight is 272 g/mol. The molecule has 0 fully saturated rings. The number of hydrogen-bond donors (Lipinski definition) is 1. The number of carbonyl (C=O) groups is 1. The third kappa shape index (κ3) is 4.10. The van der Waals surface area contributed by atoms with Crippen LogP contribution in [0.5, 0.6) is 0 Å². The number of thioether (sulfide) groups is 1. The Morgan fingerprint density at radius 3 is 2.58 bits per heavy atom. The number of benzene rings is 1. The molecular formula is C15H16N2OS. The molecule has 2 rings (SSSR count). The quantitative estimate of drug-likeness (QED) is 0.867. The van der Waals surface area contributed by atoms with Crippen molar-refractivity contribution in [3.8, 4) is 0 Å². The van der Waals surface area contributed by atoms with E-state index in [0.29, 0.717) is 5.75 Å². The van der Waals surface area contributed by atoms with Gasteiger partial charge >= 0.3 is 0 Å². The van der Waals surface area contributed by atoms with Crippen LogP contribution in [-0.2, 0) is 4.79 Å². The van der Waals surface area contributed by atoms with Gasteiger partial charge in [-0.2, -0.15) is 0 Å². The number of rotatable bonds is 4. The molecule has 4 heteroatoms. The van der Waals surface area contributed by atoms with Gasteiger partial charge in [0.25, 0.3) is 0 Å². The minimum Gasteiger partial charge on any atom is -0.325 e. The Kier molecular flexibility index (Phi) is 4.58. The Morgan fingerprint density at radius 2 is 1.89 bits per heavy atom. The van der Waals surface area contributed by atoms with E-state index in [1.807, 2.05) is 37.3 Å². The lowest BCUT2D eigenvalue weighted by Gasteiger charge is -2.07. The van der Waals surface area contributed by atoms with Gasteiger partial charge < -0.3 is 5.32 Å². The van der Waals surface area contributed by atoms with E-state index in [0.717, 1.165) is 10.6 Å². The van der Waals surface area contributed by atoms with Gasteiger partial charge in [-0.25, -0.2) is 0 Å². The highest BCUT2D eigenvalue weighted by Gasteiger charge is 2.04. The highest BCUT2D eigenvalue weighted by atomic mass is 32.2. The molecule has 2 aromatic rings. The number of amides is 1. The highest BCUT2D eigenvalue weighted by Crippen LogP contribution is 2.18. The molecule has 1 amide bonds. The molecule has 0 aliphatic carbocycles. The van der Waals surface area contributed by atoms with Crippen molar-refractivity contribution in [2.45, 2.75) is 18.7 Å². The number of carbonyl (C=O) groups excluding carboxylic acids is 1. The molecule has 1 heterocycles. The molecule has 0 saturated carbocycles. The first-order chi connectivity index (χ1) is 9.15. The van der Waals surface area contributed by atoms with Gasteiger partial charge in [0, 0.05) is 23.0 Å². The van der Waals surface area contributed by atoms with Crippen molar-refractivity contribution in [2.75, 3.05) is 11.1 Å². The zero-order valence-electron chi connectivity index (χ0n) is 11.0. The van der Waals surface area contributed by atoms with Gasteiger partial charge in [0.1, 0.15) is 0 Å². The molecule has 0 saturated heterocycles. The number of hydrogen-bond acceptors (Lipinski definition) is 3. The molecule has 3 nitrogen and oxygen atoms in total. The van der Waals surface area contributed by atoms with Crippen LogP contribution in [-0.4, -0.2) is 16.6 Å². The molecule has 0 aliphatic rings. The van der Waals surface area contributed by atoms with Gasteiger partial charge in [0.2, 0.25) is 5.91 Å². The summed E-state index contributed by atoms with van der Waals surface area (Å²) in [7, 11) is 0. The van der Waals surface area contributed by atoms with Crippen LogP contribution < -0.4 is 5.32 Å². The predicted octanol–water partition coefficient (Wildman–Crippen LogP) is 3.43. The van der Waals surface area contributed by atoms with Crippen LogP contribution in [0.15, 0.2) is 47.6 Å². The van der Waals surface area contributed by atoms with Crippen molar-refractivity contribution in [3.05, 3.63) is 53.9 Å². The lowest BCUT2D eigenvalue weighted by molar-refractivity contribution is -0.113. The fourth-order valence-corrected chi connectivity index (χ4v) is 2.28. The van der Waals surface area contributed by atoms with Gasteiger partial charge in [-0.1, -0.05) is 6.07 Å². The second-order valence-electron chi connectivity index (χ2n) is 4.32. The van der Waals surface area contributed by atoms with Crippen LogP contribution in [0.1, 0.15) is 11.1 Å². The third-order valence-electron chi connectivity index (χ3n) is 2.81. The van der Waals surface area contributed by atoms with Crippen molar-refractivity contribution >= 4 is 23.4 Å². The zero-order valence-corrected chi connectivity index (χ0v) is 11.8. The Hall–Kier alpha value is -1.81. The van der Waals surface area contributed by atoms with Crippen molar-refractivity contribution in [1.29, 1.82) is 0 Å². The second kappa shape index (κ2) is 6.38. The van der Waals surface area contributed by atoms with Crippen LogP contribution in [0, 0.1) is 13.8 Å². The summed E-state index contributed by atoms with van der Waals surface area (Å²) in [6.07, 6.45) is 3.45. The molecule has 0 spiro atoms. The number of nitrogens with one attached hydrogen (secondary N) is 1. The zero-order chi connectivity index (χ0) is 13.7. The Balaban J connectivity index is 1.89. The lowest BCUT2D eigenvalue weighted by atomic mass is 10.1. The van der Waals surface area contributed by atoms with Crippen LogP contribution in [0.3, 0.4) is 0 Å². The molecular weight excluding hydrogens is 256 g/mol. The first kappa shape index (κ1) is 13.6. The standard InChI is InChI=1S/C15H16N2OS/c1-11-3-4-13(9-12(11)2)17-15(18)10-19-14-5-7-16-8-6-14/h3-9H,10H2,1-2H3,(H,17,18). The minimum atomic E-state index is 0.00469. The Labute approximate surface area is 117 Å². The highest BCUT2D eigenvalue weighted by molar-refractivity contribution is 8.00. The Morgan fingerprint density at radius 1 is 1.16 bits per heavy atom. The van der Waals surface area contributed by atoms with E-state index < -0.39 is 0 Å². The largest absolute Gasteiger partial charge is 0.325 e. The minimum absolute atomic E-state index is 0.00469. The molecule has 0 unspecified atom stereocenters. The van der Waals surface area contributed by atoms with E-state index in [4.69, 9.17) is 0 Å². The maximum Gasteiger partial charge on any atom is 0.234 e. The normalized spacial score (nSPS) is 10.2. The Bertz CT molecular complexity index is 570. The predicted molar refractivity (Wildman–Crippen MR) is 79.5 cm³/mol. The van der Waals surface area contributed by atoms with Crippen LogP contribution in [0.4, 0.5) is 5.69 Å². The van der Waals surface area contributed by atoms with E-state index in [2.05, 4.69) is 17.2 Å². The van der Waals surface area contributed by atoms with Crippen LogP contribution >= 0.6 is 11.8 Å². The van der Waals surface area contributed by atoms with Gasteiger partial charge in [-0.3, -0.25) is 9.78 Å². The van der Waals surface area contributed by atoms with E-state index in [9.17, 15) is 4.79 Å². The first-order valence-electron chi connectivity index (χ1n) is 6.05. The molecule has 0 radical (unpaired) electrons. The smallest absolute Gasteiger partial charge is 0.234 e. The fourth-order valence-electron chi connectivity index (χ4n) is 1.60. The van der Waals surface area contributed by atoms with Crippen LogP contribution in [0.25, 0.3) is 0 Å². The summed E-state index contributed by atoms with van der Waals surface area (Å²) in [4.78, 5) is 16.8. The van der Waals surface area contributed by atoms with Gasteiger partial charge in [-0.15, -0.1) is 11.8 Å². The first-order valence-corrected chi connectivity index (χ1v) is 7.03. The summed E-state index contributed by atoms with van der Waals surface area (Å²) in [5.41, 5.74) is 3.26. The van der Waals surface area contributed by atoms with E-state index in [1.54, 1.807) is 12.4 Å². The lowest BCUT2D eigenvalue weighted by Crippen LogP contribution is -2.14. The summed E-state index contributed by atoms with van der Waals surface area (Å²) in [6.45, 7) is 4.09. The SMILES string of the molecule is Cc1ccc(NC(=O)CSc2ccncc2)cc1C. The van der Waals surface area contributed by atoms with E-state index >= 15 is 0 Å². The molecule has 0 bridgehead atoms. The van der Waals surface area contributed by atoms with E-state index in [1.165, 1.54) is 22.9 Å². The molecule has 1 aromatic carbocycles. The summed E-state index contributed by atoms with van der Waals surface area (Å²) >= 11 is 1.50. The molecule has 98 valence electrons. The fraction of sp³-hybridized carbons (Fsp3) is 0.200. The molecule has 0 aliphatic heterocycles. The van der Waals surface area contributed by atoms with Crippen molar-refractivity contribution in [1.82, 2.24) is 4.98 Å². The summed E-state index contributed by atoms with van der Waals surface area (Å²) < 4.78 is 0. The summed E-state index contributed by atoms with van der Waals surface area (Å²) in [5.74, 6) is 0.404. The summed E-state index contributed by atoms with van der Waals surface area (Å²) in [6, 6.07) is 9.73. The number of aryl methyl sites for hydroxylation is 2. The maximum absolute atomic E-state index is 11.8. The van der Waals surface area contributed by atoms with Gasteiger partial charge in [-0.05, 0) is 49.2 Å². The van der Waals surface area contributed by atoms with Gasteiger partial charge in [0.05, 0.1) is 5.75 Å². The maximum atomic E-state index is 11.8. The molecule has 1 N–H and O–H groups in total. The number of nitrogens with zero attached hydrogens (tertiary/aromatic N) is 1. The molecule has 19 heavy (non-hydrogen) atoms. The van der Waals surface area contributed by atoms with E-state index in [-0.39, 0.29) is 5.91 Å². The van der Waals surface area contributed by atoms with Crippen molar-refractivity contribution in [2.24, 2.45) is 0 Å². The average Bonchev–Trinajstić information content (AvgIpc) is 2.42. The topological polar surface area (TPSA) is 42.0 Å². The number of anilines is 1. The second-order valence-corrected chi connectivity index (χ2v) is 5.37. The third-order valence-corrected chi connectivity index (χ3v) is 3.82. The molecule has 1 aromatic heterocycles. The summed E-state index contributed by atoms with van der Waals surface area (Å²) in [5, 5.41) is 2.90. The van der Waals surface area contributed by atoms with Crippen LogP contribution in [0.2, 0.25) is 0 Å². The number of aromatic nitrogens is 1. The van der Waals surface area contributed by atoms with Gasteiger partial charge in [0.15, 0.2) is 0 Å². The molecule has 0 atom stereocenters.